The fraction of sp³-hybridized carbons (Fsp3) is 0.600. The minimum absolute atomic E-state index is 0.00496. The zero-order chi connectivity index (χ0) is 36.1. The molecular weight excluding hydrogens is 639 g/mol. The second kappa shape index (κ2) is 35.1. The van der Waals surface area contributed by atoms with Gasteiger partial charge in [-0.2, -0.15) is 0 Å². The molecule has 2 unspecified atom stereocenters. The standard InChI is InChI=1S/C40H65O8P/c1-4-6-8-10-12-14-16-18-20-22-24-26-28-30-32-34-39(41)46-36-38(37-47-49(43,44)45-3)48-40(42)35-33-31-29-27-25-23-21-19-17-15-13-11-9-7-5-2/h7,9,12-15,18-21,25,27,31,33,38H,4-6,8,10-11,16-17,22-24,26,28-30,32,34-37H2,1-3H3,(H,43,44)/b9-7-,14-12-,15-13-,20-18-,21-19-,27-25-,33-31-. The zero-order valence-electron chi connectivity index (χ0n) is 30.6. The van der Waals surface area contributed by atoms with Crippen molar-refractivity contribution < 1.29 is 37.6 Å². The second-order valence-corrected chi connectivity index (χ2v) is 13.2. The van der Waals surface area contributed by atoms with E-state index in [1.54, 1.807) is 6.08 Å². The van der Waals surface area contributed by atoms with E-state index < -0.39 is 32.5 Å². The number of esters is 2. The number of rotatable bonds is 32. The van der Waals surface area contributed by atoms with Gasteiger partial charge in [0.15, 0.2) is 6.10 Å². The van der Waals surface area contributed by atoms with Crippen LogP contribution in [0.1, 0.15) is 129 Å². The lowest BCUT2D eigenvalue weighted by Gasteiger charge is -2.19. The smallest absolute Gasteiger partial charge is 0.462 e. The molecule has 0 aromatic heterocycles. The molecule has 0 rings (SSSR count). The van der Waals surface area contributed by atoms with Crippen LogP contribution in [0.4, 0.5) is 0 Å². The first-order chi connectivity index (χ1) is 23.8. The average molecular weight is 705 g/mol. The van der Waals surface area contributed by atoms with Gasteiger partial charge in [-0.15, -0.1) is 0 Å². The average Bonchev–Trinajstić information content (AvgIpc) is 3.09. The first kappa shape index (κ1) is 46.2. The van der Waals surface area contributed by atoms with E-state index in [0.29, 0.717) is 12.8 Å². The molecule has 49 heavy (non-hydrogen) atoms. The molecule has 0 saturated heterocycles. The van der Waals surface area contributed by atoms with Crippen LogP contribution in [0.2, 0.25) is 0 Å². The number of carbonyl (C=O) groups is 2. The Balaban J connectivity index is 4.27. The van der Waals surface area contributed by atoms with E-state index >= 15 is 0 Å². The van der Waals surface area contributed by atoms with Gasteiger partial charge in [-0.3, -0.25) is 18.6 Å². The molecule has 0 spiro atoms. The Bertz CT molecular complexity index is 1070. The van der Waals surface area contributed by atoms with Gasteiger partial charge in [-0.25, -0.2) is 4.57 Å². The molecule has 0 aliphatic rings. The van der Waals surface area contributed by atoms with Gasteiger partial charge < -0.3 is 14.4 Å². The molecule has 0 amide bonds. The maximum absolute atomic E-state index is 12.4. The SMILES string of the molecule is CC/C=C\C/C=C\C/C=C\C/C=C\C/C=C\CC(=O)OC(COC(=O)CCCCCCC/C=C\C/C=C\CCCCC)COP(=O)(O)OC. The van der Waals surface area contributed by atoms with E-state index in [-0.39, 0.29) is 19.4 Å². The van der Waals surface area contributed by atoms with Crippen LogP contribution in [0, 0.1) is 0 Å². The molecule has 0 heterocycles. The number of phosphoric acid groups is 1. The summed E-state index contributed by atoms with van der Waals surface area (Å²) < 4.78 is 31.7. The fourth-order valence-corrected chi connectivity index (χ4v) is 4.81. The molecule has 0 aromatic rings. The number of allylic oxidation sites excluding steroid dienone is 13. The summed E-state index contributed by atoms with van der Waals surface area (Å²) in [5.74, 6) is -0.978. The normalized spacial score (nSPS) is 14.4. The van der Waals surface area contributed by atoms with Gasteiger partial charge >= 0.3 is 19.8 Å². The van der Waals surface area contributed by atoms with E-state index in [0.717, 1.165) is 71.3 Å². The van der Waals surface area contributed by atoms with Crippen molar-refractivity contribution in [3.05, 3.63) is 85.1 Å². The van der Waals surface area contributed by atoms with E-state index in [2.05, 4.69) is 85.2 Å². The molecular formula is C40H65O8P. The van der Waals surface area contributed by atoms with Crippen LogP contribution in [0.15, 0.2) is 85.1 Å². The maximum atomic E-state index is 12.4. The van der Waals surface area contributed by atoms with E-state index in [4.69, 9.17) is 14.0 Å². The van der Waals surface area contributed by atoms with Crippen LogP contribution in [-0.2, 0) is 32.7 Å². The number of hydrogen-bond acceptors (Lipinski definition) is 7. The first-order valence-electron chi connectivity index (χ1n) is 18.3. The fourth-order valence-electron chi connectivity index (χ4n) is 4.35. The lowest BCUT2D eigenvalue weighted by atomic mass is 10.1. The van der Waals surface area contributed by atoms with Gasteiger partial charge in [-0.05, 0) is 70.6 Å². The highest BCUT2D eigenvalue weighted by Crippen LogP contribution is 2.42. The third kappa shape index (κ3) is 34.9. The summed E-state index contributed by atoms with van der Waals surface area (Å²) in [6.07, 6.45) is 45.2. The Morgan fingerprint density at radius 2 is 1.10 bits per heavy atom. The van der Waals surface area contributed by atoms with Crippen molar-refractivity contribution in [2.75, 3.05) is 20.3 Å². The summed E-state index contributed by atoms with van der Waals surface area (Å²) in [7, 11) is -3.25. The van der Waals surface area contributed by atoms with Gasteiger partial charge in [0, 0.05) is 13.5 Å². The van der Waals surface area contributed by atoms with Gasteiger partial charge in [0.05, 0.1) is 13.0 Å². The Labute approximate surface area is 297 Å². The number of carbonyl (C=O) groups excluding carboxylic acids is 2. The van der Waals surface area contributed by atoms with Crippen LogP contribution < -0.4 is 0 Å². The predicted molar refractivity (Wildman–Crippen MR) is 202 cm³/mol. The van der Waals surface area contributed by atoms with E-state index in [9.17, 15) is 19.0 Å². The quantitative estimate of drug-likeness (QED) is 0.0319. The molecule has 278 valence electrons. The molecule has 0 aromatic carbocycles. The van der Waals surface area contributed by atoms with Gasteiger partial charge in [-0.1, -0.05) is 131 Å². The number of unbranched alkanes of at least 4 members (excludes halogenated alkanes) is 8. The molecule has 9 heteroatoms. The maximum Gasteiger partial charge on any atom is 0.472 e. The summed E-state index contributed by atoms with van der Waals surface area (Å²) in [5.41, 5.74) is 0. The molecule has 0 aliphatic carbocycles. The zero-order valence-corrected chi connectivity index (χ0v) is 31.4. The van der Waals surface area contributed by atoms with Crippen LogP contribution in [0.5, 0.6) is 0 Å². The minimum atomic E-state index is -4.29. The van der Waals surface area contributed by atoms with Crippen LogP contribution in [-0.4, -0.2) is 43.3 Å². The Morgan fingerprint density at radius 1 is 0.612 bits per heavy atom. The molecule has 0 radical (unpaired) electrons. The van der Waals surface area contributed by atoms with Crippen molar-refractivity contribution in [3.63, 3.8) is 0 Å². The summed E-state index contributed by atoms with van der Waals surface area (Å²) in [6, 6.07) is 0. The monoisotopic (exact) mass is 704 g/mol. The molecule has 1 N–H and O–H groups in total. The summed E-state index contributed by atoms with van der Waals surface area (Å²) >= 11 is 0. The number of hydrogen-bond donors (Lipinski definition) is 1. The van der Waals surface area contributed by atoms with E-state index in [1.165, 1.54) is 25.7 Å². The van der Waals surface area contributed by atoms with E-state index in [1.807, 2.05) is 12.2 Å². The Kier molecular flexibility index (Phi) is 33.1. The highest BCUT2D eigenvalue weighted by Gasteiger charge is 2.24. The molecule has 0 bridgehead atoms. The third-order valence-electron chi connectivity index (χ3n) is 7.16. The van der Waals surface area contributed by atoms with Crippen LogP contribution in [0.25, 0.3) is 0 Å². The van der Waals surface area contributed by atoms with Crippen molar-refractivity contribution in [2.45, 2.75) is 136 Å². The van der Waals surface area contributed by atoms with Crippen molar-refractivity contribution >= 4 is 19.8 Å². The largest absolute Gasteiger partial charge is 0.472 e. The third-order valence-corrected chi connectivity index (χ3v) is 8.09. The molecule has 2 atom stereocenters. The molecule has 8 nitrogen and oxygen atoms in total. The number of ether oxygens (including phenoxy) is 2. The van der Waals surface area contributed by atoms with Crippen molar-refractivity contribution in [3.8, 4) is 0 Å². The van der Waals surface area contributed by atoms with Crippen molar-refractivity contribution in [1.29, 1.82) is 0 Å². The summed E-state index contributed by atoms with van der Waals surface area (Å²) in [6.45, 7) is 3.62. The lowest BCUT2D eigenvalue weighted by Crippen LogP contribution is -2.29. The highest BCUT2D eigenvalue weighted by atomic mass is 31.2. The summed E-state index contributed by atoms with van der Waals surface area (Å²) in [5, 5.41) is 0. The van der Waals surface area contributed by atoms with Crippen LogP contribution in [0.3, 0.4) is 0 Å². The topological polar surface area (TPSA) is 108 Å². The Hall–Kier alpha value is -2.77. The lowest BCUT2D eigenvalue weighted by molar-refractivity contribution is -0.160. The highest BCUT2D eigenvalue weighted by molar-refractivity contribution is 7.47. The molecule has 0 fully saturated rings. The van der Waals surface area contributed by atoms with Gasteiger partial charge in [0.25, 0.3) is 0 Å². The summed E-state index contributed by atoms with van der Waals surface area (Å²) in [4.78, 5) is 34.2. The van der Waals surface area contributed by atoms with Gasteiger partial charge in [0.2, 0.25) is 0 Å². The van der Waals surface area contributed by atoms with Crippen molar-refractivity contribution in [2.24, 2.45) is 0 Å². The van der Waals surface area contributed by atoms with Gasteiger partial charge in [0.1, 0.15) is 6.61 Å². The number of phosphoric ester groups is 1. The predicted octanol–water partition coefficient (Wildman–Crippen LogP) is 11.2. The second-order valence-electron chi connectivity index (χ2n) is 11.6. The first-order valence-corrected chi connectivity index (χ1v) is 19.8. The molecule has 0 saturated carbocycles. The van der Waals surface area contributed by atoms with Crippen molar-refractivity contribution in [1.82, 2.24) is 0 Å². The van der Waals surface area contributed by atoms with Crippen LogP contribution >= 0.6 is 7.82 Å². The molecule has 0 aliphatic heterocycles. The Morgan fingerprint density at radius 3 is 1.65 bits per heavy atom. The minimum Gasteiger partial charge on any atom is -0.462 e.